The molecular weight excluding hydrogens is 190 g/mol. The van der Waals surface area contributed by atoms with E-state index in [-0.39, 0.29) is 11.4 Å². The Hall–Kier alpha value is -0.570. The number of ether oxygens (including phenoxy) is 1. The smallest absolute Gasteiger partial charge is 0.311 e. The number of nitrogens with two attached hydrogens (primary N) is 1. The van der Waals surface area contributed by atoms with E-state index in [1.54, 1.807) is 0 Å². The zero-order valence-corrected chi connectivity index (χ0v) is 10.5. The third-order valence-corrected chi connectivity index (χ3v) is 3.20. The maximum Gasteiger partial charge on any atom is 0.311 e. The quantitative estimate of drug-likeness (QED) is 0.524. The topological polar surface area (TPSA) is 52.3 Å². The molecule has 0 aromatic rings. The van der Waals surface area contributed by atoms with Gasteiger partial charge in [0, 0.05) is 0 Å². The van der Waals surface area contributed by atoms with Crippen molar-refractivity contribution in [1.29, 1.82) is 0 Å². The Labute approximate surface area is 93.4 Å². The van der Waals surface area contributed by atoms with Crippen molar-refractivity contribution in [2.24, 2.45) is 17.1 Å². The summed E-state index contributed by atoms with van der Waals surface area (Å²) < 4.78 is 5.24. The molecule has 1 atom stereocenters. The molecule has 0 aliphatic carbocycles. The normalized spacial score (nSPS) is 13.7. The van der Waals surface area contributed by atoms with Crippen molar-refractivity contribution in [3.63, 3.8) is 0 Å². The largest absolute Gasteiger partial charge is 0.465 e. The lowest BCUT2D eigenvalue weighted by Gasteiger charge is -2.28. The average Bonchev–Trinajstić information content (AvgIpc) is 2.22. The Kier molecular flexibility index (Phi) is 6.57. The molecule has 0 saturated heterocycles. The fourth-order valence-corrected chi connectivity index (χ4v) is 1.31. The Morgan fingerprint density at radius 2 is 2.00 bits per heavy atom. The summed E-state index contributed by atoms with van der Waals surface area (Å²) in [5.41, 5.74) is 4.98. The summed E-state index contributed by atoms with van der Waals surface area (Å²) in [5.74, 6) is 0.258. The fraction of sp³-hybridized carbons (Fsp3) is 0.917. The minimum absolute atomic E-state index is 0.0890. The third kappa shape index (κ3) is 4.65. The summed E-state index contributed by atoms with van der Waals surface area (Å²) in [6.07, 6.45) is 2.76. The molecule has 90 valence electrons. The van der Waals surface area contributed by atoms with Crippen LogP contribution in [0.2, 0.25) is 0 Å². The highest BCUT2D eigenvalue weighted by atomic mass is 16.5. The number of unbranched alkanes of at least 4 members (excludes halogenated alkanes) is 1. The lowest BCUT2D eigenvalue weighted by molar-refractivity contribution is -0.157. The second kappa shape index (κ2) is 6.83. The van der Waals surface area contributed by atoms with Crippen LogP contribution < -0.4 is 5.73 Å². The summed E-state index contributed by atoms with van der Waals surface area (Å²) in [4.78, 5) is 11.8. The van der Waals surface area contributed by atoms with Crippen molar-refractivity contribution in [1.82, 2.24) is 0 Å². The van der Waals surface area contributed by atoms with Gasteiger partial charge >= 0.3 is 5.97 Å². The van der Waals surface area contributed by atoms with Gasteiger partial charge in [-0.15, -0.1) is 0 Å². The van der Waals surface area contributed by atoms with Crippen molar-refractivity contribution >= 4 is 5.97 Å². The van der Waals surface area contributed by atoms with E-state index in [2.05, 4.69) is 13.8 Å². The molecule has 15 heavy (non-hydrogen) atoms. The summed E-state index contributed by atoms with van der Waals surface area (Å²) in [7, 11) is 0. The second-order valence-electron chi connectivity index (χ2n) is 4.66. The van der Waals surface area contributed by atoms with Crippen LogP contribution in [0.3, 0.4) is 0 Å². The molecule has 2 N–H and O–H groups in total. The molecule has 0 amide bonds. The van der Waals surface area contributed by atoms with Crippen LogP contribution >= 0.6 is 0 Å². The molecule has 0 rings (SSSR count). The molecule has 0 heterocycles. The van der Waals surface area contributed by atoms with Gasteiger partial charge in [-0.25, -0.2) is 0 Å². The first-order valence-corrected chi connectivity index (χ1v) is 5.84. The molecular formula is C12H25NO2. The zero-order chi connectivity index (χ0) is 11.9. The molecule has 0 aromatic heterocycles. The summed E-state index contributed by atoms with van der Waals surface area (Å²) >= 11 is 0. The number of hydrogen-bond acceptors (Lipinski definition) is 3. The number of carbonyl (C=O) groups excluding carboxylic acids is 1. The molecule has 0 aliphatic heterocycles. The van der Waals surface area contributed by atoms with Gasteiger partial charge in [0.05, 0.1) is 12.0 Å². The Morgan fingerprint density at radius 1 is 1.40 bits per heavy atom. The molecule has 0 aromatic carbocycles. The van der Waals surface area contributed by atoms with E-state index in [4.69, 9.17) is 10.5 Å². The van der Waals surface area contributed by atoms with Crippen LogP contribution in [-0.2, 0) is 9.53 Å². The number of rotatable bonds is 7. The Morgan fingerprint density at radius 3 is 2.47 bits per heavy atom. The highest BCUT2D eigenvalue weighted by Crippen LogP contribution is 2.30. The van der Waals surface area contributed by atoms with E-state index in [0.717, 1.165) is 19.3 Å². The molecule has 0 radical (unpaired) electrons. The van der Waals surface area contributed by atoms with Crippen LogP contribution in [0.4, 0.5) is 0 Å². The highest BCUT2D eigenvalue weighted by molar-refractivity contribution is 5.76. The van der Waals surface area contributed by atoms with Gasteiger partial charge in [-0.3, -0.25) is 4.79 Å². The van der Waals surface area contributed by atoms with Gasteiger partial charge in [0.1, 0.15) is 0 Å². The molecule has 3 nitrogen and oxygen atoms in total. The van der Waals surface area contributed by atoms with Gasteiger partial charge in [0.15, 0.2) is 0 Å². The minimum atomic E-state index is -0.378. The van der Waals surface area contributed by atoms with Crippen LogP contribution in [0.25, 0.3) is 0 Å². The van der Waals surface area contributed by atoms with Gasteiger partial charge in [-0.2, -0.15) is 0 Å². The maximum atomic E-state index is 11.8. The van der Waals surface area contributed by atoms with Gasteiger partial charge in [0.2, 0.25) is 0 Å². The van der Waals surface area contributed by atoms with E-state index in [9.17, 15) is 4.79 Å². The van der Waals surface area contributed by atoms with Gasteiger partial charge in [-0.05, 0) is 39.2 Å². The summed E-state index contributed by atoms with van der Waals surface area (Å²) in [6.45, 7) is 9.23. The molecule has 3 heteroatoms. The second-order valence-corrected chi connectivity index (χ2v) is 4.66. The monoisotopic (exact) mass is 215 g/mol. The molecule has 0 bridgehead atoms. The molecule has 0 saturated carbocycles. The van der Waals surface area contributed by atoms with Crippen molar-refractivity contribution in [3.05, 3.63) is 0 Å². The van der Waals surface area contributed by atoms with Crippen molar-refractivity contribution < 1.29 is 9.53 Å². The first kappa shape index (κ1) is 14.4. The van der Waals surface area contributed by atoms with Crippen LogP contribution in [0.15, 0.2) is 0 Å². The van der Waals surface area contributed by atoms with E-state index < -0.39 is 0 Å². The lowest BCUT2D eigenvalue weighted by Crippen LogP contribution is -2.33. The Bertz CT molecular complexity index is 190. The molecule has 1 unspecified atom stereocenters. The summed E-state index contributed by atoms with van der Waals surface area (Å²) in [5, 5.41) is 0. The first-order valence-electron chi connectivity index (χ1n) is 5.84. The van der Waals surface area contributed by atoms with Gasteiger partial charge in [0.25, 0.3) is 0 Å². The predicted octanol–water partition coefficient (Wildman–Crippen LogP) is 2.34. The Balaban J connectivity index is 3.97. The highest BCUT2D eigenvalue weighted by Gasteiger charge is 2.34. The van der Waals surface area contributed by atoms with E-state index in [0.29, 0.717) is 19.1 Å². The van der Waals surface area contributed by atoms with Crippen molar-refractivity contribution in [3.8, 4) is 0 Å². The van der Waals surface area contributed by atoms with Crippen molar-refractivity contribution in [2.45, 2.75) is 47.0 Å². The van der Waals surface area contributed by atoms with Crippen LogP contribution in [0, 0.1) is 11.3 Å². The van der Waals surface area contributed by atoms with E-state index in [1.807, 2.05) is 13.8 Å². The first-order chi connectivity index (χ1) is 6.96. The SMILES string of the molecule is CCC(C)C(C)(C)C(=O)OCCCCN. The standard InChI is InChI=1S/C12H25NO2/c1-5-10(2)12(3,4)11(14)15-9-7-6-8-13/h10H,5-9,13H2,1-4H3. The lowest BCUT2D eigenvalue weighted by atomic mass is 9.78. The van der Waals surface area contributed by atoms with Crippen LogP contribution in [-0.4, -0.2) is 19.1 Å². The third-order valence-electron chi connectivity index (χ3n) is 3.20. The summed E-state index contributed by atoms with van der Waals surface area (Å²) in [6, 6.07) is 0. The van der Waals surface area contributed by atoms with Gasteiger partial charge < -0.3 is 10.5 Å². The van der Waals surface area contributed by atoms with E-state index in [1.165, 1.54) is 0 Å². The minimum Gasteiger partial charge on any atom is -0.465 e. The fourth-order valence-electron chi connectivity index (χ4n) is 1.31. The number of esters is 1. The van der Waals surface area contributed by atoms with Crippen LogP contribution in [0.1, 0.15) is 47.0 Å². The zero-order valence-electron chi connectivity index (χ0n) is 10.5. The number of hydrogen-bond donors (Lipinski definition) is 1. The molecule has 0 aliphatic rings. The molecule has 0 spiro atoms. The average molecular weight is 215 g/mol. The molecule has 0 fully saturated rings. The number of carbonyl (C=O) groups is 1. The van der Waals surface area contributed by atoms with Crippen molar-refractivity contribution in [2.75, 3.05) is 13.2 Å². The van der Waals surface area contributed by atoms with Gasteiger partial charge in [-0.1, -0.05) is 20.3 Å². The van der Waals surface area contributed by atoms with E-state index >= 15 is 0 Å². The van der Waals surface area contributed by atoms with Crippen LogP contribution in [0.5, 0.6) is 0 Å². The maximum absolute atomic E-state index is 11.8. The predicted molar refractivity (Wildman–Crippen MR) is 62.5 cm³/mol.